The zero-order valence-electron chi connectivity index (χ0n) is 11.1. The lowest BCUT2D eigenvalue weighted by Crippen LogP contribution is -2.25. The van der Waals surface area contributed by atoms with E-state index in [0.717, 1.165) is 24.4 Å². The van der Waals surface area contributed by atoms with Gasteiger partial charge in [0.05, 0.1) is 0 Å². The number of hydrogen-bond acceptors (Lipinski definition) is 4. The lowest BCUT2D eigenvalue weighted by atomic mass is 9.92. The number of hydrogen-bond donors (Lipinski definition) is 1. The molecular formula is C15H18N4. The summed E-state index contributed by atoms with van der Waals surface area (Å²) in [6, 6.07) is 4.32. The fraction of sp³-hybridized carbons (Fsp3) is 0.400. The maximum absolute atomic E-state index is 4.74. The first-order valence-electron chi connectivity index (χ1n) is 6.88. The maximum atomic E-state index is 4.74. The molecule has 0 spiro atoms. The molecule has 1 N–H and O–H groups in total. The predicted molar refractivity (Wildman–Crippen MR) is 74.6 cm³/mol. The SMILES string of the molecule is CCNC1CCCc2nc(-c3ccncc3)ncc21. The van der Waals surface area contributed by atoms with E-state index in [-0.39, 0.29) is 0 Å². The van der Waals surface area contributed by atoms with Gasteiger partial charge in [-0.05, 0) is 37.9 Å². The number of aryl methyl sites for hydroxylation is 1. The summed E-state index contributed by atoms with van der Waals surface area (Å²) in [5.41, 5.74) is 3.49. The van der Waals surface area contributed by atoms with Gasteiger partial charge in [0.1, 0.15) is 0 Å². The molecule has 1 aliphatic rings. The summed E-state index contributed by atoms with van der Waals surface area (Å²) >= 11 is 0. The molecular weight excluding hydrogens is 236 g/mol. The van der Waals surface area contributed by atoms with Crippen molar-refractivity contribution in [2.45, 2.75) is 32.2 Å². The number of pyridine rings is 1. The van der Waals surface area contributed by atoms with E-state index in [1.807, 2.05) is 18.3 Å². The molecule has 0 bridgehead atoms. The van der Waals surface area contributed by atoms with E-state index in [0.29, 0.717) is 6.04 Å². The van der Waals surface area contributed by atoms with Crippen LogP contribution in [0, 0.1) is 0 Å². The lowest BCUT2D eigenvalue weighted by molar-refractivity contribution is 0.464. The third kappa shape index (κ3) is 2.49. The topological polar surface area (TPSA) is 50.7 Å². The number of nitrogens with one attached hydrogen (secondary N) is 1. The Morgan fingerprint density at radius 1 is 1.32 bits per heavy atom. The molecule has 2 aromatic rings. The van der Waals surface area contributed by atoms with Crippen LogP contribution in [0.25, 0.3) is 11.4 Å². The van der Waals surface area contributed by atoms with Gasteiger partial charge in [-0.2, -0.15) is 0 Å². The Balaban J connectivity index is 1.96. The molecule has 4 nitrogen and oxygen atoms in total. The van der Waals surface area contributed by atoms with Crippen LogP contribution in [0.2, 0.25) is 0 Å². The second-order valence-electron chi connectivity index (χ2n) is 4.83. The maximum Gasteiger partial charge on any atom is 0.159 e. The van der Waals surface area contributed by atoms with Crippen LogP contribution in [-0.4, -0.2) is 21.5 Å². The van der Waals surface area contributed by atoms with Crippen LogP contribution in [0.5, 0.6) is 0 Å². The van der Waals surface area contributed by atoms with Crippen molar-refractivity contribution >= 4 is 0 Å². The summed E-state index contributed by atoms with van der Waals surface area (Å²) < 4.78 is 0. The zero-order chi connectivity index (χ0) is 13.1. The van der Waals surface area contributed by atoms with Gasteiger partial charge >= 0.3 is 0 Å². The number of aromatic nitrogens is 3. The molecule has 0 saturated carbocycles. The van der Waals surface area contributed by atoms with E-state index >= 15 is 0 Å². The van der Waals surface area contributed by atoms with Crippen LogP contribution in [-0.2, 0) is 6.42 Å². The largest absolute Gasteiger partial charge is 0.310 e. The van der Waals surface area contributed by atoms with Gasteiger partial charge in [0, 0.05) is 41.5 Å². The van der Waals surface area contributed by atoms with Crippen LogP contribution in [0.4, 0.5) is 0 Å². The molecule has 4 heteroatoms. The first kappa shape index (κ1) is 12.2. The van der Waals surface area contributed by atoms with Gasteiger partial charge in [-0.3, -0.25) is 4.98 Å². The molecule has 0 saturated heterocycles. The first-order valence-corrected chi connectivity index (χ1v) is 6.88. The minimum atomic E-state index is 0.417. The molecule has 2 aromatic heterocycles. The highest BCUT2D eigenvalue weighted by Crippen LogP contribution is 2.29. The van der Waals surface area contributed by atoms with Crippen molar-refractivity contribution in [1.82, 2.24) is 20.3 Å². The van der Waals surface area contributed by atoms with Gasteiger partial charge in [-0.1, -0.05) is 6.92 Å². The van der Waals surface area contributed by atoms with Crippen molar-refractivity contribution in [2.75, 3.05) is 6.54 Å². The average molecular weight is 254 g/mol. The van der Waals surface area contributed by atoms with E-state index in [2.05, 4.69) is 22.2 Å². The third-order valence-electron chi connectivity index (χ3n) is 3.57. The number of rotatable bonds is 3. The van der Waals surface area contributed by atoms with E-state index in [4.69, 9.17) is 4.98 Å². The van der Waals surface area contributed by atoms with Gasteiger partial charge in [-0.25, -0.2) is 9.97 Å². The molecule has 0 aromatic carbocycles. The molecule has 98 valence electrons. The number of fused-ring (bicyclic) bond motifs is 1. The van der Waals surface area contributed by atoms with Gasteiger partial charge in [0.2, 0.25) is 0 Å². The molecule has 1 unspecified atom stereocenters. The van der Waals surface area contributed by atoms with Crippen molar-refractivity contribution in [3.63, 3.8) is 0 Å². The average Bonchev–Trinajstić information content (AvgIpc) is 2.48. The highest BCUT2D eigenvalue weighted by Gasteiger charge is 2.21. The van der Waals surface area contributed by atoms with Gasteiger partial charge in [-0.15, -0.1) is 0 Å². The molecule has 1 atom stereocenters. The Hall–Kier alpha value is -1.81. The molecule has 0 aliphatic heterocycles. The molecule has 0 fully saturated rings. The molecule has 0 amide bonds. The summed E-state index contributed by atoms with van der Waals surface area (Å²) in [4.78, 5) is 13.3. The fourth-order valence-electron chi connectivity index (χ4n) is 2.65. The van der Waals surface area contributed by atoms with E-state index in [9.17, 15) is 0 Å². The summed E-state index contributed by atoms with van der Waals surface area (Å²) in [6.45, 7) is 3.12. The smallest absolute Gasteiger partial charge is 0.159 e. The Kier molecular flexibility index (Phi) is 3.51. The van der Waals surface area contributed by atoms with Gasteiger partial charge in [0.25, 0.3) is 0 Å². The minimum Gasteiger partial charge on any atom is -0.310 e. The number of nitrogens with zero attached hydrogens (tertiary/aromatic N) is 3. The molecule has 0 radical (unpaired) electrons. The van der Waals surface area contributed by atoms with Crippen molar-refractivity contribution < 1.29 is 0 Å². The Labute approximate surface area is 113 Å². The lowest BCUT2D eigenvalue weighted by Gasteiger charge is -2.25. The van der Waals surface area contributed by atoms with Crippen molar-refractivity contribution in [2.24, 2.45) is 0 Å². The summed E-state index contributed by atoms with van der Waals surface area (Å²) in [5.74, 6) is 0.804. The van der Waals surface area contributed by atoms with Crippen molar-refractivity contribution in [3.8, 4) is 11.4 Å². The summed E-state index contributed by atoms with van der Waals surface area (Å²) in [5, 5.41) is 3.51. The van der Waals surface area contributed by atoms with Crippen LogP contribution in [0.1, 0.15) is 37.1 Å². The molecule has 3 rings (SSSR count). The highest BCUT2D eigenvalue weighted by molar-refractivity contribution is 5.54. The highest BCUT2D eigenvalue weighted by atomic mass is 14.9. The van der Waals surface area contributed by atoms with Crippen LogP contribution in [0.15, 0.2) is 30.7 Å². The van der Waals surface area contributed by atoms with Gasteiger partial charge < -0.3 is 5.32 Å². The second kappa shape index (κ2) is 5.45. The fourth-order valence-corrected chi connectivity index (χ4v) is 2.65. The Bertz CT molecular complexity index is 553. The van der Waals surface area contributed by atoms with Crippen LogP contribution in [0.3, 0.4) is 0 Å². The van der Waals surface area contributed by atoms with Gasteiger partial charge in [0.15, 0.2) is 5.82 Å². The quantitative estimate of drug-likeness (QED) is 0.914. The molecule has 1 aliphatic carbocycles. The Morgan fingerprint density at radius 2 is 2.16 bits per heavy atom. The summed E-state index contributed by atoms with van der Waals surface area (Å²) in [7, 11) is 0. The second-order valence-corrected chi connectivity index (χ2v) is 4.83. The van der Waals surface area contributed by atoms with E-state index < -0.39 is 0 Å². The van der Waals surface area contributed by atoms with Crippen molar-refractivity contribution in [1.29, 1.82) is 0 Å². The van der Waals surface area contributed by atoms with E-state index in [1.54, 1.807) is 12.4 Å². The zero-order valence-corrected chi connectivity index (χ0v) is 11.1. The van der Waals surface area contributed by atoms with Crippen molar-refractivity contribution in [3.05, 3.63) is 42.0 Å². The normalized spacial score (nSPS) is 18.1. The summed E-state index contributed by atoms with van der Waals surface area (Å²) in [6.07, 6.45) is 8.97. The predicted octanol–water partition coefficient (Wildman–Crippen LogP) is 2.53. The third-order valence-corrected chi connectivity index (χ3v) is 3.57. The van der Waals surface area contributed by atoms with E-state index in [1.165, 1.54) is 24.1 Å². The minimum absolute atomic E-state index is 0.417. The molecule has 19 heavy (non-hydrogen) atoms. The molecule has 2 heterocycles. The standard InChI is InChI=1S/C15H18N4/c1-2-17-13-4-3-5-14-12(13)10-18-15(19-14)11-6-8-16-9-7-11/h6-10,13,17H,2-5H2,1H3. The first-order chi connectivity index (χ1) is 9.38. The Morgan fingerprint density at radius 3 is 2.95 bits per heavy atom. The monoisotopic (exact) mass is 254 g/mol. The van der Waals surface area contributed by atoms with Crippen LogP contribution < -0.4 is 5.32 Å². The van der Waals surface area contributed by atoms with Crippen LogP contribution >= 0.6 is 0 Å².